The molecule has 6 nitrogen and oxygen atoms in total. The highest BCUT2D eigenvalue weighted by Gasteiger charge is 2.13. The molecule has 0 aliphatic heterocycles. The van der Waals surface area contributed by atoms with Gasteiger partial charge in [0.2, 0.25) is 5.91 Å². The van der Waals surface area contributed by atoms with Crippen LogP contribution in [0.5, 0.6) is 5.75 Å². The monoisotopic (exact) mass is 313 g/mol. The van der Waals surface area contributed by atoms with E-state index in [0.29, 0.717) is 6.54 Å². The number of likely N-dealkylation sites (N-methyl/N-ethyl adjacent to an activating group) is 1. The van der Waals surface area contributed by atoms with E-state index in [2.05, 4.69) is 5.16 Å². The first-order chi connectivity index (χ1) is 11.1. The zero-order valence-corrected chi connectivity index (χ0v) is 13.4. The molecule has 2 aromatic heterocycles. The summed E-state index contributed by atoms with van der Waals surface area (Å²) in [6.07, 6.45) is 1.91. The number of nitrogens with zero attached hydrogens (tertiary/aromatic N) is 3. The third-order valence-corrected chi connectivity index (χ3v) is 3.79. The Morgan fingerprint density at radius 3 is 2.87 bits per heavy atom. The fraction of sp³-hybridized carbons (Fsp3) is 0.294. The molecule has 0 aliphatic rings. The molecule has 0 spiro atoms. The first-order valence-electron chi connectivity index (χ1n) is 7.36. The Kier molecular flexibility index (Phi) is 4.06. The molecule has 23 heavy (non-hydrogen) atoms. The van der Waals surface area contributed by atoms with Gasteiger partial charge in [0.15, 0.2) is 0 Å². The molecule has 0 saturated carbocycles. The second-order valence-electron chi connectivity index (χ2n) is 5.55. The van der Waals surface area contributed by atoms with Crippen LogP contribution in [0, 0.1) is 6.92 Å². The molecule has 2 heterocycles. The van der Waals surface area contributed by atoms with Gasteiger partial charge in [-0.15, -0.1) is 0 Å². The second kappa shape index (κ2) is 6.16. The number of rotatable bonds is 5. The van der Waals surface area contributed by atoms with E-state index in [0.717, 1.165) is 28.1 Å². The summed E-state index contributed by atoms with van der Waals surface area (Å²) in [4.78, 5) is 14.1. The number of hydrogen-bond acceptors (Lipinski definition) is 4. The standard InChI is InChI=1S/C17H19N3O3/c1-12-8-14(18-23-12)10-19(2)17(21)11-20-7-6-13-9-15(22-3)4-5-16(13)20/h4-9H,10-11H2,1-3H3. The third-order valence-electron chi connectivity index (χ3n) is 3.79. The van der Waals surface area contributed by atoms with Crippen molar-refractivity contribution in [1.29, 1.82) is 0 Å². The summed E-state index contributed by atoms with van der Waals surface area (Å²) < 4.78 is 12.2. The van der Waals surface area contributed by atoms with Crippen molar-refractivity contribution in [2.45, 2.75) is 20.0 Å². The lowest BCUT2D eigenvalue weighted by Crippen LogP contribution is -2.29. The summed E-state index contributed by atoms with van der Waals surface area (Å²) in [5.74, 6) is 1.56. The molecule has 3 rings (SSSR count). The minimum Gasteiger partial charge on any atom is -0.497 e. The predicted molar refractivity (Wildman–Crippen MR) is 86.2 cm³/mol. The number of carbonyl (C=O) groups excluding carboxylic acids is 1. The van der Waals surface area contributed by atoms with Crippen LogP contribution < -0.4 is 4.74 Å². The zero-order chi connectivity index (χ0) is 16.4. The van der Waals surface area contributed by atoms with E-state index in [1.165, 1.54) is 0 Å². The highest BCUT2D eigenvalue weighted by molar-refractivity contribution is 5.84. The van der Waals surface area contributed by atoms with Gasteiger partial charge in [-0.2, -0.15) is 0 Å². The summed E-state index contributed by atoms with van der Waals surface area (Å²) in [6.45, 7) is 2.55. The Labute approximate surface area is 134 Å². The lowest BCUT2D eigenvalue weighted by atomic mass is 10.2. The van der Waals surface area contributed by atoms with E-state index in [9.17, 15) is 4.79 Å². The first-order valence-corrected chi connectivity index (χ1v) is 7.36. The molecule has 1 aromatic carbocycles. The van der Waals surface area contributed by atoms with Gasteiger partial charge < -0.3 is 18.7 Å². The maximum absolute atomic E-state index is 12.4. The number of carbonyl (C=O) groups is 1. The van der Waals surface area contributed by atoms with E-state index in [1.807, 2.05) is 48.0 Å². The third kappa shape index (κ3) is 3.21. The number of amides is 1. The number of ether oxygens (including phenoxy) is 1. The fourth-order valence-electron chi connectivity index (χ4n) is 2.53. The normalized spacial score (nSPS) is 10.9. The topological polar surface area (TPSA) is 60.5 Å². The second-order valence-corrected chi connectivity index (χ2v) is 5.55. The lowest BCUT2D eigenvalue weighted by molar-refractivity contribution is -0.131. The average molecular weight is 313 g/mol. The van der Waals surface area contributed by atoms with E-state index in [4.69, 9.17) is 9.26 Å². The SMILES string of the molecule is COc1ccc2c(ccn2CC(=O)N(C)Cc2cc(C)on2)c1. The highest BCUT2D eigenvalue weighted by Crippen LogP contribution is 2.22. The predicted octanol–water partition coefficient (Wildman–Crippen LogP) is 2.60. The number of methoxy groups -OCH3 is 1. The van der Waals surface area contributed by atoms with E-state index in [1.54, 1.807) is 19.1 Å². The van der Waals surface area contributed by atoms with Crippen LogP contribution in [-0.4, -0.2) is 34.7 Å². The van der Waals surface area contributed by atoms with Crippen LogP contribution in [-0.2, 0) is 17.9 Å². The molecule has 0 bridgehead atoms. The smallest absolute Gasteiger partial charge is 0.242 e. The van der Waals surface area contributed by atoms with Gasteiger partial charge in [0.25, 0.3) is 0 Å². The molecule has 1 amide bonds. The number of benzene rings is 1. The van der Waals surface area contributed by atoms with Crippen LogP contribution in [0.3, 0.4) is 0 Å². The van der Waals surface area contributed by atoms with Crippen LogP contribution >= 0.6 is 0 Å². The summed E-state index contributed by atoms with van der Waals surface area (Å²) in [5.41, 5.74) is 1.75. The van der Waals surface area contributed by atoms with Crippen LogP contribution in [0.15, 0.2) is 41.1 Å². The number of hydrogen-bond donors (Lipinski definition) is 0. The van der Waals surface area contributed by atoms with Crippen LogP contribution in [0.25, 0.3) is 10.9 Å². The highest BCUT2D eigenvalue weighted by atomic mass is 16.5. The van der Waals surface area contributed by atoms with Crippen molar-refractivity contribution in [3.05, 3.63) is 48.0 Å². The number of fused-ring (bicyclic) bond motifs is 1. The Bertz CT molecular complexity index is 835. The molecule has 0 unspecified atom stereocenters. The van der Waals surface area contributed by atoms with Gasteiger partial charge in [-0.1, -0.05) is 5.16 Å². The van der Waals surface area contributed by atoms with Crippen LogP contribution in [0.4, 0.5) is 0 Å². The van der Waals surface area contributed by atoms with Crippen molar-refractivity contribution in [2.24, 2.45) is 0 Å². The van der Waals surface area contributed by atoms with E-state index in [-0.39, 0.29) is 12.5 Å². The van der Waals surface area contributed by atoms with Gasteiger partial charge in [-0.3, -0.25) is 4.79 Å². The quantitative estimate of drug-likeness (QED) is 0.726. The first kappa shape index (κ1) is 15.1. The van der Waals surface area contributed by atoms with Crippen LogP contribution in [0.1, 0.15) is 11.5 Å². The van der Waals surface area contributed by atoms with Crippen molar-refractivity contribution in [2.75, 3.05) is 14.2 Å². The molecule has 0 N–H and O–H groups in total. The van der Waals surface area contributed by atoms with Crippen molar-refractivity contribution in [3.8, 4) is 5.75 Å². The molecule has 0 saturated heterocycles. The van der Waals surface area contributed by atoms with Gasteiger partial charge in [0.1, 0.15) is 23.7 Å². The molecule has 0 aliphatic carbocycles. The summed E-state index contributed by atoms with van der Waals surface area (Å²) >= 11 is 0. The minimum atomic E-state index is 0.0129. The van der Waals surface area contributed by atoms with Gasteiger partial charge >= 0.3 is 0 Å². The van der Waals surface area contributed by atoms with Gasteiger partial charge in [0, 0.05) is 30.2 Å². The number of aryl methyl sites for hydroxylation is 1. The van der Waals surface area contributed by atoms with Crippen molar-refractivity contribution in [3.63, 3.8) is 0 Å². The Morgan fingerprint density at radius 2 is 2.17 bits per heavy atom. The molecule has 120 valence electrons. The van der Waals surface area contributed by atoms with Crippen LogP contribution in [0.2, 0.25) is 0 Å². The van der Waals surface area contributed by atoms with Gasteiger partial charge in [-0.25, -0.2) is 0 Å². The maximum atomic E-state index is 12.4. The Morgan fingerprint density at radius 1 is 1.35 bits per heavy atom. The average Bonchev–Trinajstić information content (AvgIpc) is 3.13. The summed E-state index contributed by atoms with van der Waals surface area (Å²) in [7, 11) is 3.41. The fourth-order valence-corrected chi connectivity index (χ4v) is 2.53. The Balaban J connectivity index is 1.72. The largest absolute Gasteiger partial charge is 0.497 e. The number of aromatic nitrogens is 2. The summed E-state index contributed by atoms with van der Waals surface area (Å²) in [5, 5.41) is 4.96. The molecule has 0 radical (unpaired) electrons. The van der Waals surface area contributed by atoms with Gasteiger partial charge in [0.05, 0.1) is 13.7 Å². The molecule has 0 atom stereocenters. The van der Waals surface area contributed by atoms with Crippen molar-refractivity contribution >= 4 is 16.8 Å². The van der Waals surface area contributed by atoms with Crippen molar-refractivity contribution in [1.82, 2.24) is 14.6 Å². The zero-order valence-electron chi connectivity index (χ0n) is 13.4. The van der Waals surface area contributed by atoms with E-state index < -0.39 is 0 Å². The molecular weight excluding hydrogens is 294 g/mol. The minimum absolute atomic E-state index is 0.0129. The maximum Gasteiger partial charge on any atom is 0.242 e. The van der Waals surface area contributed by atoms with Crippen molar-refractivity contribution < 1.29 is 14.1 Å². The summed E-state index contributed by atoms with van der Waals surface area (Å²) in [6, 6.07) is 9.62. The Hall–Kier alpha value is -2.76. The lowest BCUT2D eigenvalue weighted by Gasteiger charge is -2.16. The molecule has 3 aromatic rings. The molecule has 0 fully saturated rings. The molecular formula is C17H19N3O3. The van der Waals surface area contributed by atoms with Gasteiger partial charge in [-0.05, 0) is 31.2 Å². The van der Waals surface area contributed by atoms with E-state index >= 15 is 0 Å². The molecule has 6 heteroatoms.